The first-order chi connectivity index (χ1) is 14.1. The van der Waals surface area contributed by atoms with E-state index < -0.39 is 5.92 Å². The van der Waals surface area contributed by atoms with Crippen molar-refractivity contribution in [2.45, 2.75) is 6.92 Å². The van der Waals surface area contributed by atoms with Crippen molar-refractivity contribution in [1.29, 1.82) is 0 Å². The Morgan fingerprint density at radius 3 is 2.72 bits per heavy atom. The van der Waals surface area contributed by atoms with E-state index in [1.54, 1.807) is 30.3 Å². The van der Waals surface area contributed by atoms with Gasteiger partial charge in [-0.1, -0.05) is 30.3 Å². The predicted molar refractivity (Wildman–Crippen MR) is 108 cm³/mol. The standard InChI is InChI=1S/C23H19N3O3/c1-12-6-7-15-17(10-12)29-18-11-16(25-9-8-24)19-20(21(18)26-15)23(28)14-5-3-2-4-13(14)22(19)27/h2-7,10-11,20,25H,8-9,24H2,1H3/p+1. The first-order valence-electron chi connectivity index (χ1n) is 9.59. The Morgan fingerprint density at radius 1 is 1.14 bits per heavy atom. The minimum atomic E-state index is -0.743. The maximum absolute atomic E-state index is 13.5. The number of Topliss-reactive ketones (excluding diaryl/α,β-unsaturated/α-hetero) is 2. The van der Waals surface area contributed by atoms with Gasteiger partial charge in [0.05, 0.1) is 0 Å². The van der Waals surface area contributed by atoms with E-state index in [-0.39, 0.29) is 11.6 Å². The van der Waals surface area contributed by atoms with Gasteiger partial charge in [0.2, 0.25) is 11.4 Å². The van der Waals surface area contributed by atoms with Crippen molar-refractivity contribution >= 4 is 23.0 Å². The molecule has 1 unspecified atom stereocenters. The molecule has 6 nitrogen and oxygen atoms in total. The summed E-state index contributed by atoms with van der Waals surface area (Å²) in [5, 5.41) is 3.20. The molecule has 3 aliphatic rings. The molecule has 0 radical (unpaired) electrons. The highest BCUT2D eigenvalue weighted by Crippen LogP contribution is 2.38. The molecule has 1 heterocycles. The molecule has 2 aromatic rings. The van der Waals surface area contributed by atoms with Crippen molar-refractivity contribution in [3.63, 3.8) is 0 Å². The largest absolute Gasteiger partial charge is 0.444 e. The smallest absolute Gasteiger partial charge is 0.246 e. The molecule has 144 valence electrons. The third-order valence-electron chi connectivity index (χ3n) is 5.44. The van der Waals surface area contributed by atoms with Gasteiger partial charge in [-0.25, -0.2) is 4.99 Å². The summed E-state index contributed by atoms with van der Waals surface area (Å²) in [7, 11) is 0. The van der Waals surface area contributed by atoms with Gasteiger partial charge in [-0.2, -0.15) is 0 Å². The van der Waals surface area contributed by atoms with E-state index in [0.29, 0.717) is 52.7 Å². The number of ether oxygens (including phenoxy) is 1. The Kier molecular flexibility index (Phi) is 3.96. The number of hydrogen-bond acceptors (Lipinski definition) is 5. The number of rotatable bonds is 3. The van der Waals surface area contributed by atoms with E-state index in [2.05, 4.69) is 10.3 Å². The fourth-order valence-corrected chi connectivity index (χ4v) is 4.09. The van der Waals surface area contributed by atoms with Crippen LogP contribution in [0.25, 0.3) is 0 Å². The topological polar surface area (TPSA) is 95.4 Å². The molecule has 0 saturated heterocycles. The third-order valence-corrected chi connectivity index (χ3v) is 5.44. The molecular weight excluding hydrogens is 366 g/mol. The number of carbonyl (C=O) groups is 2. The monoisotopic (exact) mass is 386 g/mol. The zero-order chi connectivity index (χ0) is 20.1. The van der Waals surface area contributed by atoms with Crippen LogP contribution in [-0.4, -0.2) is 30.4 Å². The Hall–Kier alpha value is -3.51. The molecule has 0 saturated carbocycles. The minimum absolute atomic E-state index is 0.116. The van der Waals surface area contributed by atoms with Gasteiger partial charge in [-0.3, -0.25) is 9.59 Å². The normalized spacial score (nSPS) is 19.3. The first-order valence-corrected chi connectivity index (χ1v) is 9.59. The molecule has 0 fully saturated rings. The first kappa shape index (κ1) is 17.6. The van der Waals surface area contributed by atoms with Crippen molar-refractivity contribution in [2.75, 3.05) is 13.1 Å². The number of allylic oxidation sites excluding steroid dienone is 3. The molecule has 2 aromatic carbocycles. The number of fused-ring (bicyclic) bond motifs is 5. The highest BCUT2D eigenvalue weighted by atomic mass is 16.5. The van der Waals surface area contributed by atoms with Crippen LogP contribution >= 0.6 is 0 Å². The lowest BCUT2D eigenvalue weighted by atomic mass is 9.72. The molecule has 1 aliphatic heterocycles. The number of aryl methyl sites for hydroxylation is 1. The van der Waals surface area contributed by atoms with Gasteiger partial charge in [-0.15, -0.1) is 0 Å². The summed E-state index contributed by atoms with van der Waals surface area (Å²) in [5.41, 5.74) is 10.0. The maximum Gasteiger partial charge on any atom is 0.246 e. The van der Waals surface area contributed by atoms with Crippen LogP contribution in [0.4, 0.5) is 5.69 Å². The average molecular weight is 386 g/mol. The summed E-state index contributed by atoms with van der Waals surface area (Å²) in [6, 6.07) is 12.8. The number of nitrogens with one attached hydrogen (secondary N) is 2. The van der Waals surface area contributed by atoms with Crippen LogP contribution in [0.5, 0.6) is 5.75 Å². The molecule has 2 aliphatic carbocycles. The second-order valence-electron chi connectivity index (χ2n) is 7.36. The fourth-order valence-electron chi connectivity index (χ4n) is 4.09. The average Bonchev–Trinajstić information content (AvgIpc) is 2.73. The van der Waals surface area contributed by atoms with Crippen LogP contribution in [-0.2, 0) is 0 Å². The van der Waals surface area contributed by atoms with Crippen molar-refractivity contribution < 1.29 is 19.3 Å². The summed E-state index contributed by atoms with van der Waals surface area (Å²) >= 11 is 0. The molecule has 0 spiro atoms. The Morgan fingerprint density at radius 2 is 1.93 bits per heavy atom. The lowest BCUT2D eigenvalue weighted by Gasteiger charge is -2.31. The van der Waals surface area contributed by atoms with Gasteiger partial charge in [0.1, 0.15) is 5.92 Å². The molecule has 6 heteroatoms. The van der Waals surface area contributed by atoms with E-state index in [0.717, 1.165) is 11.3 Å². The van der Waals surface area contributed by atoms with Crippen molar-refractivity contribution in [2.24, 2.45) is 11.7 Å². The van der Waals surface area contributed by atoms with Crippen molar-refractivity contribution in [1.82, 2.24) is 5.32 Å². The van der Waals surface area contributed by atoms with Gasteiger partial charge in [0.15, 0.2) is 23.1 Å². The van der Waals surface area contributed by atoms with Gasteiger partial charge < -0.3 is 15.8 Å². The Labute approximate surface area is 167 Å². The number of benzene rings is 2. The van der Waals surface area contributed by atoms with Crippen LogP contribution < -0.4 is 20.8 Å². The number of ketones is 2. The molecule has 4 N–H and O–H groups in total. The zero-order valence-electron chi connectivity index (χ0n) is 15.9. The van der Waals surface area contributed by atoms with Crippen molar-refractivity contribution in [3.05, 3.63) is 82.3 Å². The molecule has 1 atom stereocenters. The zero-order valence-corrected chi connectivity index (χ0v) is 15.9. The van der Waals surface area contributed by atoms with Crippen LogP contribution in [0, 0.1) is 12.8 Å². The van der Waals surface area contributed by atoms with Crippen LogP contribution in [0.3, 0.4) is 0 Å². The van der Waals surface area contributed by atoms with Gasteiger partial charge in [0.25, 0.3) is 0 Å². The molecule has 0 bridgehead atoms. The summed E-state index contributed by atoms with van der Waals surface area (Å²) in [6.45, 7) is 2.88. The maximum atomic E-state index is 13.5. The third kappa shape index (κ3) is 2.64. The molecule has 5 rings (SSSR count). The molecule has 29 heavy (non-hydrogen) atoms. The summed E-state index contributed by atoms with van der Waals surface area (Å²) in [5.74, 6) is 0.221. The predicted octanol–water partition coefficient (Wildman–Crippen LogP) is 0.936. The van der Waals surface area contributed by atoms with Gasteiger partial charge >= 0.3 is 0 Å². The fraction of sp³-hybridized carbons (Fsp3) is 0.174. The van der Waals surface area contributed by atoms with Gasteiger partial charge in [0, 0.05) is 47.6 Å². The highest BCUT2D eigenvalue weighted by Gasteiger charge is 2.49. The lowest BCUT2D eigenvalue weighted by molar-refractivity contribution is -0.361. The Bertz CT molecular complexity index is 1170. The second-order valence-corrected chi connectivity index (χ2v) is 7.36. The molecular formula is C23H20N3O3+. The lowest BCUT2D eigenvalue weighted by Crippen LogP contribution is -2.72. The van der Waals surface area contributed by atoms with E-state index in [1.165, 1.54) is 0 Å². The van der Waals surface area contributed by atoms with Crippen LogP contribution in [0.1, 0.15) is 26.3 Å². The quantitative estimate of drug-likeness (QED) is 0.730. The van der Waals surface area contributed by atoms with E-state index in [9.17, 15) is 9.59 Å². The molecule has 0 amide bonds. The molecule has 0 aromatic heterocycles. The van der Waals surface area contributed by atoms with Crippen LogP contribution in [0.15, 0.2) is 65.6 Å². The Balaban J connectivity index is 1.73. The van der Waals surface area contributed by atoms with E-state index >= 15 is 0 Å². The number of nitrogens with two attached hydrogens (primary N) is 1. The summed E-state index contributed by atoms with van der Waals surface area (Å²) < 4.78 is 6.14. The second kappa shape index (κ2) is 6.53. The summed E-state index contributed by atoms with van der Waals surface area (Å²) in [6.07, 6.45) is 1.79. The van der Waals surface area contributed by atoms with Gasteiger partial charge in [-0.05, 0) is 18.6 Å². The summed E-state index contributed by atoms with van der Waals surface area (Å²) in [4.78, 5) is 30.1. The highest BCUT2D eigenvalue weighted by molar-refractivity contribution is 6.32. The van der Waals surface area contributed by atoms with Crippen LogP contribution in [0.2, 0.25) is 0 Å². The van der Waals surface area contributed by atoms with E-state index in [1.807, 2.05) is 25.1 Å². The van der Waals surface area contributed by atoms with Crippen molar-refractivity contribution in [3.8, 4) is 5.75 Å². The SMILES string of the molecule is Cc1ccc2c(c1)OC1=CC(NCCN)=C3C(=O)c4ccccc4C(=O)C3C1=[NH+]2. The minimum Gasteiger partial charge on any atom is -0.444 e. The number of hydrogen-bond donors (Lipinski definition) is 3. The number of carbonyl (C=O) groups excluding carboxylic acids is 2. The van der Waals surface area contributed by atoms with E-state index in [4.69, 9.17) is 10.5 Å².